The molecule has 0 aliphatic carbocycles. The van der Waals surface area contributed by atoms with Crippen LogP contribution >= 0.6 is 0 Å². The molecule has 0 bridgehead atoms. The Morgan fingerprint density at radius 2 is 1.89 bits per heavy atom. The molecule has 0 aromatic heterocycles. The number of rotatable bonds is 7. The van der Waals surface area contributed by atoms with Gasteiger partial charge in [-0.2, -0.15) is 0 Å². The van der Waals surface area contributed by atoms with E-state index in [1.165, 1.54) is 25.9 Å². The van der Waals surface area contributed by atoms with Crippen LogP contribution in [0.1, 0.15) is 54.4 Å². The van der Waals surface area contributed by atoms with Gasteiger partial charge in [0.05, 0.1) is 0 Å². The lowest BCUT2D eigenvalue weighted by molar-refractivity contribution is 0.136. The van der Waals surface area contributed by atoms with Gasteiger partial charge in [0, 0.05) is 19.1 Å². The molecule has 1 heterocycles. The van der Waals surface area contributed by atoms with Gasteiger partial charge in [-0.25, -0.2) is 0 Å². The maximum atomic E-state index is 3.62. The van der Waals surface area contributed by atoms with E-state index in [4.69, 9.17) is 0 Å². The Bertz CT molecular complexity index is 233. The average Bonchev–Trinajstić information content (AvgIpc) is 2.63. The molecule has 0 amide bonds. The first-order valence-corrected chi connectivity index (χ1v) is 7.76. The number of hydrogen-bond donors (Lipinski definition) is 1. The van der Waals surface area contributed by atoms with Crippen molar-refractivity contribution in [3.63, 3.8) is 0 Å². The first-order valence-electron chi connectivity index (χ1n) is 7.76. The minimum Gasteiger partial charge on any atom is -0.316 e. The van der Waals surface area contributed by atoms with E-state index in [0.29, 0.717) is 5.41 Å². The summed E-state index contributed by atoms with van der Waals surface area (Å²) in [5.41, 5.74) is 0.381. The Hall–Kier alpha value is -0.0800. The molecule has 0 radical (unpaired) electrons. The zero-order chi connectivity index (χ0) is 13.8. The first-order chi connectivity index (χ1) is 8.32. The number of hydrogen-bond acceptors (Lipinski definition) is 2. The average molecular weight is 254 g/mol. The second kappa shape index (κ2) is 6.91. The zero-order valence-electron chi connectivity index (χ0n) is 13.4. The summed E-state index contributed by atoms with van der Waals surface area (Å²) in [5, 5.41) is 3.62. The highest BCUT2D eigenvalue weighted by molar-refractivity contribution is 4.86. The van der Waals surface area contributed by atoms with Crippen molar-refractivity contribution < 1.29 is 0 Å². The van der Waals surface area contributed by atoms with E-state index in [-0.39, 0.29) is 0 Å². The molecule has 1 aliphatic heterocycles. The molecule has 2 heteroatoms. The third-order valence-corrected chi connectivity index (χ3v) is 3.97. The van der Waals surface area contributed by atoms with Gasteiger partial charge >= 0.3 is 0 Å². The molecule has 0 aromatic rings. The van der Waals surface area contributed by atoms with Crippen LogP contribution in [0.5, 0.6) is 0 Å². The standard InChI is InChI=1S/C16H34N2/c1-13(2)10-17-11-16(5,6)12-18-9-7-8-15(18)14(3)4/h13-15,17H,7-12H2,1-6H3. The highest BCUT2D eigenvalue weighted by Crippen LogP contribution is 2.27. The van der Waals surface area contributed by atoms with Crippen molar-refractivity contribution in [2.24, 2.45) is 17.3 Å². The highest BCUT2D eigenvalue weighted by atomic mass is 15.2. The molecular weight excluding hydrogens is 220 g/mol. The zero-order valence-corrected chi connectivity index (χ0v) is 13.4. The van der Waals surface area contributed by atoms with Crippen LogP contribution in [-0.4, -0.2) is 37.1 Å². The van der Waals surface area contributed by atoms with Gasteiger partial charge in [0.25, 0.3) is 0 Å². The molecule has 2 nitrogen and oxygen atoms in total. The Morgan fingerprint density at radius 3 is 2.44 bits per heavy atom. The second-order valence-electron chi connectivity index (χ2n) is 7.61. The van der Waals surface area contributed by atoms with Crippen LogP contribution in [0, 0.1) is 17.3 Å². The molecule has 1 aliphatic rings. The molecule has 1 rings (SSSR count). The van der Waals surface area contributed by atoms with E-state index < -0.39 is 0 Å². The topological polar surface area (TPSA) is 15.3 Å². The number of likely N-dealkylation sites (tertiary alicyclic amines) is 1. The van der Waals surface area contributed by atoms with E-state index in [2.05, 4.69) is 51.8 Å². The normalized spacial score (nSPS) is 22.3. The maximum Gasteiger partial charge on any atom is 0.0119 e. The van der Waals surface area contributed by atoms with Crippen molar-refractivity contribution in [2.75, 3.05) is 26.2 Å². The Labute approximate surface area is 115 Å². The summed E-state index contributed by atoms with van der Waals surface area (Å²) >= 11 is 0. The third-order valence-electron chi connectivity index (χ3n) is 3.97. The molecular formula is C16H34N2. The minimum absolute atomic E-state index is 0.381. The van der Waals surface area contributed by atoms with Crippen molar-refractivity contribution in [1.82, 2.24) is 10.2 Å². The number of nitrogens with one attached hydrogen (secondary N) is 1. The van der Waals surface area contributed by atoms with Gasteiger partial charge in [0.2, 0.25) is 0 Å². The summed E-state index contributed by atoms with van der Waals surface area (Å²) in [7, 11) is 0. The van der Waals surface area contributed by atoms with Crippen molar-refractivity contribution >= 4 is 0 Å². The van der Waals surface area contributed by atoms with Crippen LogP contribution in [0.3, 0.4) is 0 Å². The fourth-order valence-electron chi connectivity index (χ4n) is 3.11. The lowest BCUT2D eigenvalue weighted by atomic mass is 9.91. The van der Waals surface area contributed by atoms with Crippen molar-refractivity contribution in [3.05, 3.63) is 0 Å². The van der Waals surface area contributed by atoms with Gasteiger partial charge in [0.15, 0.2) is 0 Å². The molecule has 1 N–H and O–H groups in total. The van der Waals surface area contributed by atoms with E-state index >= 15 is 0 Å². The SMILES string of the molecule is CC(C)CNCC(C)(C)CN1CCCC1C(C)C. The Balaban J connectivity index is 2.39. The summed E-state index contributed by atoms with van der Waals surface area (Å²) in [4.78, 5) is 2.72. The fraction of sp³-hybridized carbons (Fsp3) is 1.00. The molecule has 0 saturated carbocycles. The van der Waals surface area contributed by atoms with Crippen LogP contribution in [0.4, 0.5) is 0 Å². The summed E-state index contributed by atoms with van der Waals surface area (Å²) in [6.45, 7) is 18.9. The predicted octanol–water partition coefficient (Wildman–Crippen LogP) is 3.38. The smallest absolute Gasteiger partial charge is 0.0119 e. The number of nitrogens with zero attached hydrogens (tertiary/aromatic N) is 1. The summed E-state index contributed by atoms with van der Waals surface area (Å²) in [5.74, 6) is 1.54. The van der Waals surface area contributed by atoms with Crippen LogP contribution in [0.25, 0.3) is 0 Å². The molecule has 0 spiro atoms. The second-order valence-corrected chi connectivity index (χ2v) is 7.61. The summed E-state index contributed by atoms with van der Waals surface area (Å²) in [6.07, 6.45) is 2.78. The fourth-order valence-corrected chi connectivity index (χ4v) is 3.11. The molecule has 1 unspecified atom stereocenters. The molecule has 1 fully saturated rings. The predicted molar refractivity (Wildman–Crippen MR) is 80.9 cm³/mol. The van der Waals surface area contributed by atoms with Crippen LogP contribution in [0.15, 0.2) is 0 Å². The minimum atomic E-state index is 0.381. The quantitative estimate of drug-likeness (QED) is 0.749. The van der Waals surface area contributed by atoms with E-state index in [0.717, 1.165) is 31.0 Å². The highest BCUT2D eigenvalue weighted by Gasteiger charge is 2.31. The van der Waals surface area contributed by atoms with Gasteiger partial charge in [-0.1, -0.05) is 41.5 Å². The van der Waals surface area contributed by atoms with Gasteiger partial charge < -0.3 is 5.32 Å². The Morgan fingerprint density at radius 1 is 1.22 bits per heavy atom. The molecule has 18 heavy (non-hydrogen) atoms. The van der Waals surface area contributed by atoms with E-state index in [1.807, 2.05) is 0 Å². The maximum absolute atomic E-state index is 3.62. The first kappa shape index (κ1) is 16.0. The van der Waals surface area contributed by atoms with Crippen LogP contribution in [-0.2, 0) is 0 Å². The summed E-state index contributed by atoms with van der Waals surface area (Å²) < 4.78 is 0. The van der Waals surface area contributed by atoms with Crippen molar-refractivity contribution in [1.29, 1.82) is 0 Å². The van der Waals surface area contributed by atoms with Crippen molar-refractivity contribution in [2.45, 2.75) is 60.4 Å². The molecule has 108 valence electrons. The molecule has 1 atom stereocenters. The van der Waals surface area contributed by atoms with Gasteiger partial charge in [0.1, 0.15) is 0 Å². The van der Waals surface area contributed by atoms with Gasteiger partial charge in [-0.3, -0.25) is 4.90 Å². The molecule has 1 saturated heterocycles. The van der Waals surface area contributed by atoms with E-state index in [1.54, 1.807) is 0 Å². The lowest BCUT2D eigenvalue weighted by Gasteiger charge is -2.35. The third kappa shape index (κ3) is 5.27. The largest absolute Gasteiger partial charge is 0.316 e. The molecule has 0 aromatic carbocycles. The lowest BCUT2D eigenvalue weighted by Crippen LogP contribution is -2.44. The Kier molecular flexibility index (Phi) is 6.13. The van der Waals surface area contributed by atoms with Crippen LogP contribution < -0.4 is 5.32 Å². The van der Waals surface area contributed by atoms with Gasteiger partial charge in [-0.05, 0) is 43.2 Å². The monoisotopic (exact) mass is 254 g/mol. The summed E-state index contributed by atoms with van der Waals surface area (Å²) in [6, 6.07) is 0.814. The van der Waals surface area contributed by atoms with Crippen LogP contribution in [0.2, 0.25) is 0 Å². The van der Waals surface area contributed by atoms with Gasteiger partial charge in [-0.15, -0.1) is 0 Å². The van der Waals surface area contributed by atoms with Crippen molar-refractivity contribution in [3.8, 4) is 0 Å². The van der Waals surface area contributed by atoms with E-state index in [9.17, 15) is 0 Å².